The van der Waals surface area contributed by atoms with Gasteiger partial charge in [-0.25, -0.2) is 9.37 Å². The average molecular weight is 429 g/mol. The Bertz CT molecular complexity index is 885. The largest absolute Gasteiger partial charge is 0.383 e. The summed E-state index contributed by atoms with van der Waals surface area (Å²) in [7, 11) is 1.56. The topological polar surface area (TPSA) is 78.9 Å². The number of benzene rings is 1. The molecule has 2 heterocycles. The first kappa shape index (κ1) is 22.6. The number of anilines is 1. The minimum absolute atomic E-state index is 0.0293. The van der Waals surface area contributed by atoms with Gasteiger partial charge in [0.25, 0.3) is 5.91 Å². The van der Waals surface area contributed by atoms with E-state index in [9.17, 15) is 14.0 Å². The number of carbonyl (C=O) groups is 2. The Morgan fingerprint density at radius 1 is 1.10 bits per heavy atom. The maximum Gasteiger partial charge on any atom is 0.274 e. The minimum Gasteiger partial charge on any atom is -0.383 e. The van der Waals surface area contributed by atoms with Gasteiger partial charge in [-0.05, 0) is 19.1 Å². The van der Waals surface area contributed by atoms with Crippen LogP contribution in [0.4, 0.5) is 10.1 Å². The van der Waals surface area contributed by atoms with Crippen LogP contribution in [0.25, 0.3) is 0 Å². The van der Waals surface area contributed by atoms with E-state index in [0.717, 1.165) is 5.69 Å². The molecule has 1 aliphatic rings. The second-order valence-corrected chi connectivity index (χ2v) is 7.40. The first-order chi connectivity index (χ1) is 15.0. The Labute approximate surface area is 181 Å². The fraction of sp³-hybridized carbons (Fsp3) is 0.455. The van der Waals surface area contributed by atoms with Crippen LogP contribution >= 0.6 is 0 Å². The van der Waals surface area contributed by atoms with Crippen molar-refractivity contribution in [2.45, 2.75) is 13.3 Å². The van der Waals surface area contributed by atoms with Crippen molar-refractivity contribution in [3.63, 3.8) is 0 Å². The lowest BCUT2D eigenvalue weighted by atomic mass is 10.2. The Hall–Kier alpha value is -3.07. The highest BCUT2D eigenvalue weighted by atomic mass is 19.1. The number of aromatic nitrogens is 2. The third-order valence-corrected chi connectivity index (χ3v) is 5.27. The van der Waals surface area contributed by atoms with Crippen LogP contribution in [0.1, 0.15) is 22.6 Å². The molecular formula is C22H28FN5O3. The molecule has 0 aliphatic carbocycles. The van der Waals surface area contributed by atoms with E-state index in [1.165, 1.54) is 12.3 Å². The number of halogens is 1. The summed E-state index contributed by atoms with van der Waals surface area (Å²) < 4.78 is 19.1. The van der Waals surface area contributed by atoms with E-state index in [1.807, 2.05) is 4.90 Å². The van der Waals surface area contributed by atoms with Crippen LogP contribution in [-0.4, -0.2) is 84.6 Å². The monoisotopic (exact) mass is 429 g/mol. The molecule has 2 aromatic rings. The number of hydrogen-bond donors (Lipinski definition) is 0. The molecule has 3 rings (SSSR count). The van der Waals surface area contributed by atoms with Crippen LogP contribution in [0.5, 0.6) is 0 Å². The molecule has 0 spiro atoms. The third kappa shape index (κ3) is 5.97. The first-order valence-electron chi connectivity index (χ1n) is 10.3. The van der Waals surface area contributed by atoms with Crippen LogP contribution in [0, 0.1) is 12.7 Å². The van der Waals surface area contributed by atoms with Gasteiger partial charge >= 0.3 is 0 Å². The first-order valence-corrected chi connectivity index (χ1v) is 10.3. The fourth-order valence-corrected chi connectivity index (χ4v) is 3.48. The molecule has 0 N–H and O–H groups in total. The van der Waals surface area contributed by atoms with Crippen LogP contribution in [0.2, 0.25) is 0 Å². The van der Waals surface area contributed by atoms with E-state index in [4.69, 9.17) is 4.74 Å². The van der Waals surface area contributed by atoms with Gasteiger partial charge < -0.3 is 19.4 Å². The summed E-state index contributed by atoms with van der Waals surface area (Å²) in [5.74, 6) is -0.561. The van der Waals surface area contributed by atoms with Crippen molar-refractivity contribution in [3.8, 4) is 0 Å². The number of piperazine rings is 1. The molecular weight excluding hydrogens is 401 g/mol. The number of carbonyl (C=O) groups excluding carboxylic acids is 2. The number of methoxy groups -OCH3 is 1. The van der Waals surface area contributed by atoms with Gasteiger partial charge in [-0.15, -0.1) is 0 Å². The lowest BCUT2D eigenvalue weighted by Crippen LogP contribution is -2.49. The Balaban J connectivity index is 1.54. The quantitative estimate of drug-likeness (QED) is 0.636. The van der Waals surface area contributed by atoms with Crippen LogP contribution in [0.15, 0.2) is 36.7 Å². The van der Waals surface area contributed by atoms with Gasteiger partial charge in [0.05, 0.1) is 24.2 Å². The zero-order valence-electron chi connectivity index (χ0n) is 18.0. The van der Waals surface area contributed by atoms with Crippen LogP contribution < -0.4 is 4.90 Å². The third-order valence-electron chi connectivity index (χ3n) is 5.27. The molecule has 0 atom stereocenters. The normalized spacial score (nSPS) is 13.9. The molecule has 1 saturated heterocycles. The van der Waals surface area contributed by atoms with E-state index in [0.29, 0.717) is 45.0 Å². The summed E-state index contributed by atoms with van der Waals surface area (Å²) in [6.45, 7) is 4.96. The van der Waals surface area contributed by atoms with Crippen molar-refractivity contribution >= 4 is 17.5 Å². The Kier molecular flexibility index (Phi) is 7.88. The number of para-hydroxylation sites is 1. The Morgan fingerprint density at radius 3 is 2.48 bits per heavy atom. The smallest absolute Gasteiger partial charge is 0.274 e. The SMILES string of the molecule is COCCN(CCC(=O)N1CCN(c2ccccc2F)CC1)C(=O)c1cnc(C)cn1. The lowest BCUT2D eigenvalue weighted by molar-refractivity contribution is -0.131. The van der Waals surface area contributed by atoms with Crippen molar-refractivity contribution < 1.29 is 18.7 Å². The van der Waals surface area contributed by atoms with Gasteiger partial charge in [-0.3, -0.25) is 14.6 Å². The van der Waals surface area contributed by atoms with Crippen LogP contribution in [0.3, 0.4) is 0 Å². The van der Waals surface area contributed by atoms with Crippen molar-refractivity contribution in [1.29, 1.82) is 0 Å². The van der Waals surface area contributed by atoms with Gasteiger partial charge in [0, 0.05) is 59.0 Å². The molecule has 0 saturated carbocycles. The molecule has 2 amide bonds. The Morgan fingerprint density at radius 2 is 1.84 bits per heavy atom. The van der Waals surface area contributed by atoms with E-state index < -0.39 is 0 Å². The molecule has 166 valence electrons. The molecule has 0 bridgehead atoms. The van der Waals surface area contributed by atoms with Gasteiger partial charge in [0.2, 0.25) is 5.91 Å². The predicted octanol–water partition coefficient (Wildman–Crippen LogP) is 1.75. The highest BCUT2D eigenvalue weighted by molar-refractivity contribution is 5.92. The highest BCUT2D eigenvalue weighted by Gasteiger charge is 2.24. The standard InChI is InChI=1S/C22H28FN5O3/c1-17-15-25-19(16-24-17)22(30)28(13-14-31-2)8-7-21(29)27-11-9-26(10-12-27)20-6-4-3-5-18(20)23/h3-6,15-16H,7-14H2,1-2H3. The molecule has 1 fully saturated rings. The molecule has 1 aromatic carbocycles. The maximum absolute atomic E-state index is 14.0. The summed E-state index contributed by atoms with van der Waals surface area (Å²) in [6, 6.07) is 6.66. The summed E-state index contributed by atoms with van der Waals surface area (Å²) in [4.78, 5) is 39.1. The maximum atomic E-state index is 14.0. The molecule has 1 aromatic heterocycles. The summed E-state index contributed by atoms with van der Waals surface area (Å²) in [5.41, 5.74) is 1.53. The summed E-state index contributed by atoms with van der Waals surface area (Å²) >= 11 is 0. The molecule has 0 unspecified atom stereocenters. The number of aryl methyl sites for hydroxylation is 1. The van der Waals surface area contributed by atoms with E-state index >= 15 is 0 Å². The average Bonchev–Trinajstić information content (AvgIpc) is 2.79. The van der Waals surface area contributed by atoms with Crippen molar-refractivity contribution in [1.82, 2.24) is 19.8 Å². The molecule has 8 nitrogen and oxygen atoms in total. The molecule has 31 heavy (non-hydrogen) atoms. The van der Waals surface area contributed by atoms with Gasteiger partial charge in [-0.2, -0.15) is 0 Å². The van der Waals surface area contributed by atoms with Gasteiger partial charge in [0.15, 0.2) is 0 Å². The number of rotatable bonds is 8. The second-order valence-electron chi connectivity index (χ2n) is 7.40. The van der Waals surface area contributed by atoms with E-state index in [2.05, 4.69) is 9.97 Å². The highest BCUT2D eigenvalue weighted by Crippen LogP contribution is 2.20. The van der Waals surface area contributed by atoms with E-state index in [-0.39, 0.29) is 36.3 Å². The zero-order valence-corrected chi connectivity index (χ0v) is 18.0. The fourth-order valence-electron chi connectivity index (χ4n) is 3.48. The number of nitrogens with zero attached hydrogens (tertiary/aromatic N) is 5. The number of amides is 2. The second kappa shape index (κ2) is 10.8. The predicted molar refractivity (Wildman–Crippen MR) is 114 cm³/mol. The zero-order chi connectivity index (χ0) is 22.2. The number of hydrogen-bond acceptors (Lipinski definition) is 6. The lowest BCUT2D eigenvalue weighted by Gasteiger charge is -2.36. The molecule has 9 heteroatoms. The van der Waals surface area contributed by atoms with Gasteiger partial charge in [-0.1, -0.05) is 12.1 Å². The summed E-state index contributed by atoms with van der Waals surface area (Å²) in [6.07, 6.45) is 3.19. The van der Waals surface area contributed by atoms with E-state index in [1.54, 1.807) is 48.2 Å². The van der Waals surface area contributed by atoms with Gasteiger partial charge in [0.1, 0.15) is 11.5 Å². The molecule has 1 aliphatic heterocycles. The minimum atomic E-state index is -0.276. The molecule has 0 radical (unpaired) electrons. The van der Waals surface area contributed by atoms with Crippen molar-refractivity contribution in [2.75, 3.05) is 57.9 Å². The van der Waals surface area contributed by atoms with Crippen molar-refractivity contribution in [2.24, 2.45) is 0 Å². The summed E-state index contributed by atoms with van der Waals surface area (Å²) in [5, 5.41) is 0. The van der Waals surface area contributed by atoms with Crippen LogP contribution in [-0.2, 0) is 9.53 Å². The number of ether oxygens (including phenoxy) is 1. The van der Waals surface area contributed by atoms with Crippen molar-refractivity contribution in [3.05, 3.63) is 53.9 Å².